The zero-order valence-corrected chi connectivity index (χ0v) is 19.2. The van der Waals surface area contributed by atoms with Crippen molar-refractivity contribution in [1.29, 1.82) is 5.41 Å². The Morgan fingerprint density at radius 2 is 1.76 bits per heavy atom. The molecule has 2 aromatic carbocycles. The van der Waals surface area contributed by atoms with Crippen LogP contribution in [0.2, 0.25) is 0 Å². The predicted molar refractivity (Wildman–Crippen MR) is 118 cm³/mol. The van der Waals surface area contributed by atoms with Crippen molar-refractivity contribution in [1.82, 2.24) is 4.98 Å². The lowest BCUT2D eigenvalue weighted by atomic mass is 10.0. The summed E-state index contributed by atoms with van der Waals surface area (Å²) in [6.45, 7) is 1.56. The summed E-state index contributed by atoms with van der Waals surface area (Å²) in [6.07, 6.45) is -8.95. The van der Waals surface area contributed by atoms with E-state index in [0.717, 1.165) is 18.3 Å². The third-order valence-corrected chi connectivity index (χ3v) is 4.99. The molecule has 0 fully saturated rings. The number of halogens is 8. The molecule has 0 aliphatic carbocycles. The van der Waals surface area contributed by atoms with Crippen molar-refractivity contribution < 1.29 is 35.5 Å². The van der Waals surface area contributed by atoms with E-state index >= 15 is 0 Å². The number of benzene rings is 2. The lowest BCUT2D eigenvalue weighted by Gasteiger charge is -2.12. The average Bonchev–Trinajstić information content (AvgIpc) is 3.12. The second-order valence-electron chi connectivity index (χ2n) is 6.68. The van der Waals surface area contributed by atoms with Crippen LogP contribution >= 0.6 is 27.5 Å². The van der Waals surface area contributed by atoms with E-state index in [1.54, 1.807) is 19.1 Å². The number of alkyl halides is 6. The molecule has 3 aromatic rings. The fraction of sp³-hybridized carbons (Fsp3) is 0.143. The van der Waals surface area contributed by atoms with E-state index in [2.05, 4.69) is 31.0 Å². The maximum Gasteiger partial charge on any atom is 0.573 e. The quantitative estimate of drug-likeness (QED) is 0.233. The van der Waals surface area contributed by atoms with Crippen molar-refractivity contribution in [3.05, 3.63) is 64.1 Å². The fourth-order valence-electron chi connectivity index (χ4n) is 2.80. The molecule has 5 nitrogen and oxygen atoms in total. The predicted octanol–water partition coefficient (Wildman–Crippen LogP) is 8.05. The molecule has 0 unspecified atom stereocenters. The molecule has 180 valence electrons. The first-order valence-corrected chi connectivity index (χ1v) is 10.3. The molecule has 0 radical (unpaired) electrons. The van der Waals surface area contributed by atoms with Crippen LogP contribution in [0.5, 0.6) is 5.75 Å². The van der Waals surface area contributed by atoms with Crippen LogP contribution in [0.3, 0.4) is 0 Å². The fourth-order valence-corrected chi connectivity index (χ4v) is 3.32. The summed E-state index contributed by atoms with van der Waals surface area (Å²) in [5, 5.41) is 8.86. The average molecular weight is 569 g/mol. The molecule has 3 rings (SSSR count). The third-order valence-electron chi connectivity index (χ3n) is 4.20. The highest BCUT2D eigenvalue weighted by Crippen LogP contribution is 2.39. The number of nitrogens with one attached hydrogen (secondary N) is 2. The number of anilines is 1. The van der Waals surface area contributed by atoms with Crippen molar-refractivity contribution in [2.75, 3.05) is 5.32 Å². The number of ether oxygens (including phenoxy) is 1. The van der Waals surface area contributed by atoms with Crippen LogP contribution < -0.4 is 10.1 Å². The first-order chi connectivity index (χ1) is 15.7. The highest BCUT2D eigenvalue weighted by molar-refractivity contribution is 9.10. The van der Waals surface area contributed by atoms with E-state index in [0.29, 0.717) is 15.6 Å². The summed E-state index contributed by atoms with van der Waals surface area (Å²) < 4.78 is 85.6. The molecule has 1 heterocycles. The van der Waals surface area contributed by atoms with Gasteiger partial charge in [-0.25, -0.2) is 4.98 Å². The summed E-state index contributed by atoms with van der Waals surface area (Å²) in [6, 6.07) is 9.67. The van der Waals surface area contributed by atoms with Gasteiger partial charge in [-0.15, -0.1) is 13.2 Å². The Kier molecular flexibility index (Phi) is 7.32. The normalized spacial score (nSPS) is 12.6. The Labute approximate surface area is 202 Å². The SMILES string of the molecule is Cc1nc(-c2ccc(OC(F)(F)F)cc2)c(-c2cc(Br)ccc2N/C=C(/Cl)C(=N)C(F)(F)F)o1. The standard InChI is InChI=1S/C21H13BrClF6N3O2/c1-10-32-17(11-2-5-13(6-3-11)34-21(27,28)29)18(33-10)14-8-12(22)4-7-16(14)31-9-15(23)19(30)20(24,25)26/h2-9,30-31H,1H3/b15-9+,30-19?. The molecular weight excluding hydrogens is 556 g/mol. The third kappa shape index (κ3) is 6.32. The highest BCUT2D eigenvalue weighted by atomic mass is 79.9. The Bertz CT molecular complexity index is 1240. The van der Waals surface area contributed by atoms with Gasteiger partial charge in [-0.3, -0.25) is 5.41 Å². The van der Waals surface area contributed by atoms with Gasteiger partial charge in [0.2, 0.25) is 0 Å². The molecule has 1 aromatic heterocycles. The van der Waals surface area contributed by atoms with Crippen molar-refractivity contribution in [3.63, 3.8) is 0 Å². The molecular formula is C21H13BrClF6N3O2. The van der Waals surface area contributed by atoms with Gasteiger partial charge >= 0.3 is 12.5 Å². The van der Waals surface area contributed by atoms with E-state index < -0.39 is 29.0 Å². The van der Waals surface area contributed by atoms with Crippen molar-refractivity contribution in [2.45, 2.75) is 19.5 Å². The van der Waals surface area contributed by atoms with E-state index in [1.165, 1.54) is 18.2 Å². The van der Waals surface area contributed by atoms with Crippen molar-refractivity contribution >= 4 is 38.9 Å². The summed E-state index contributed by atoms with van der Waals surface area (Å²) in [4.78, 5) is 4.29. The molecule has 0 aliphatic rings. The number of hydrogen-bond donors (Lipinski definition) is 2. The minimum absolute atomic E-state index is 0.196. The van der Waals surface area contributed by atoms with Crippen LogP contribution in [-0.4, -0.2) is 23.2 Å². The molecule has 0 atom stereocenters. The van der Waals surface area contributed by atoms with Crippen LogP contribution in [0.25, 0.3) is 22.6 Å². The summed E-state index contributed by atoms with van der Waals surface area (Å²) in [7, 11) is 0. The number of aromatic nitrogens is 1. The van der Waals surface area contributed by atoms with Crippen LogP contribution in [0.4, 0.5) is 32.0 Å². The van der Waals surface area contributed by atoms with Crippen LogP contribution in [-0.2, 0) is 0 Å². The number of rotatable bonds is 6. The first kappa shape index (κ1) is 25.6. The topological polar surface area (TPSA) is 71.1 Å². The van der Waals surface area contributed by atoms with Gasteiger partial charge in [0.1, 0.15) is 11.4 Å². The number of oxazole rings is 1. The molecule has 2 N–H and O–H groups in total. The largest absolute Gasteiger partial charge is 0.573 e. The lowest BCUT2D eigenvalue weighted by Crippen LogP contribution is -2.22. The molecule has 0 aliphatic heterocycles. The molecule has 0 spiro atoms. The van der Waals surface area contributed by atoms with Gasteiger partial charge in [0, 0.05) is 34.4 Å². The van der Waals surface area contributed by atoms with Gasteiger partial charge in [0.15, 0.2) is 17.4 Å². The number of nitrogens with zero attached hydrogens (tertiary/aromatic N) is 1. The van der Waals surface area contributed by atoms with E-state index in [4.69, 9.17) is 21.4 Å². The van der Waals surface area contributed by atoms with E-state index in [-0.39, 0.29) is 23.0 Å². The van der Waals surface area contributed by atoms with Gasteiger partial charge in [0.05, 0.1) is 5.03 Å². The van der Waals surface area contributed by atoms with E-state index in [9.17, 15) is 26.3 Å². The summed E-state index contributed by atoms with van der Waals surface area (Å²) in [5.41, 5.74) is -0.418. The van der Waals surface area contributed by atoms with Gasteiger partial charge < -0.3 is 14.5 Å². The van der Waals surface area contributed by atoms with Gasteiger partial charge in [-0.1, -0.05) is 27.5 Å². The number of allylic oxidation sites excluding steroid dienone is 1. The minimum Gasteiger partial charge on any atom is -0.440 e. The smallest absolute Gasteiger partial charge is 0.440 e. The minimum atomic E-state index is -4.92. The van der Waals surface area contributed by atoms with Gasteiger partial charge in [-0.2, -0.15) is 13.2 Å². The van der Waals surface area contributed by atoms with Crippen LogP contribution in [0, 0.1) is 12.3 Å². The summed E-state index contributed by atoms with van der Waals surface area (Å²) >= 11 is 8.92. The Hall–Kier alpha value is -2.99. The number of hydrogen-bond acceptors (Lipinski definition) is 5. The monoisotopic (exact) mass is 567 g/mol. The highest BCUT2D eigenvalue weighted by Gasteiger charge is 2.36. The van der Waals surface area contributed by atoms with Crippen LogP contribution in [0.1, 0.15) is 5.89 Å². The van der Waals surface area contributed by atoms with Crippen molar-refractivity contribution in [3.8, 4) is 28.3 Å². The first-order valence-electron chi connectivity index (χ1n) is 9.16. The Balaban J connectivity index is 2.00. The van der Waals surface area contributed by atoms with Crippen LogP contribution in [0.15, 0.2) is 62.6 Å². The summed E-state index contributed by atoms with van der Waals surface area (Å²) in [5.74, 6) is 0.00916. The molecule has 0 saturated carbocycles. The maximum atomic E-state index is 12.7. The van der Waals surface area contributed by atoms with Crippen molar-refractivity contribution in [2.24, 2.45) is 0 Å². The Morgan fingerprint density at radius 3 is 2.35 bits per heavy atom. The molecule has 34 heavy (non-hydrogen) atoms. The molecule has 0 bridgehead atoms. The second-order valence-corrected chi connectivity index (χ2v) is 8.00. The van der Waals surface area contributed by atoms with E-state index in [1.807, 2.05) is 0 Å². The molecule has 13 heteroatoms. The number of aryl methyl sites for hydroxylation is 1. The van der Waals surface area contributed by atoms with Gasteiger partial charge in [-0.05, 0) is 42.5 Å². The molecule has 0 saturated heterocycles. The maximum absolute atomic E-state index is 12.7. The lowest BCUT2D eigenvalue weighted by molar-refractivity contribution is -0.274. The Morgan fingerprint density at radius 1 is 1.12 bits per heavy atom. The second kappa shape index (κ2) is 9.71. The zero-order chi connectivity index (χ0) is 25.3. The van der Waals surface area contributed by atoms with Gasteiger partial charge in [0.25, 0.3) is 0 Å². The molecule has 0 amide bonds. The zero-order valence-electron chi connectivity index (χ0n) is 16.9.